The summed E-state index contributed by atoms with van der Waals surface area (Å²) in [5.74, 6) is 1.65. The van der Waals surface area contributed by atoms with E-state index in [4.69, 9.17) is 0 Å². The van der Waals surface area contributed by atoms with Crippen LogP contribution in [0, 0.1) is 11.8 Å². The molecule has 110 valence electrons. The van der Waals surface area contributed by atoms with E-state index >= 15 is 0 Å². The minimum Gasteiger partial charge on any atom is -0.308 e. The molecule has 2 atom stereocenters. The molecule has 0 amide bonds. The topological polar surface area (TPSA) is 28.2 Å². The highest BCUT2D eigenvalue weighted by Crippen LogP contribution is 2.35. The standard InChI is InChI=1S/C17H27N3/c1-13(2)20-11-14-6-5-7-15(12-20)17(14)19-10-16-8-3-4-9-18-16/h3-4,8-9,13-15,17,19H,5-7,10-12H2,1-2H3. The monoisotopic (exact) mass is 273 g/mol. The van der Waals surface area contributed by atoms with Crippen LogP contribution in [0.25, 0.3) is 0 Å². The highest BCUT2D eigenvalue weighted by molar-refractivity contribution is 5.04. The number of aromatic nitrogens is 1. The molecule has 2 heterocycles. The van der Waals surface area contributed by atoms with Crippen LogP contribution in [0.1, 0.15) is 38.8 Å². The molecule has 2 bridgehead atoms. The Bertz CT molecular complexity index is 404. The Morgan fingerprint density at radius 1 is 1.25 bits per heavy atom. The van der Waals surface area contributed by atoms with Crippen LogP contribution in [0.5, 0.6) is 0 Å². The zero-order valence-electron chi connectivity index (χ0n) is 12.8. The van der Waals surface area contributed by atoms with Crippen LogP contribution < -0.4 is 5.32 Å². The Balaban J connectivity index is 1.62. The van der Waals surface area contributed by atoms with Crippen molar-refractivity contribution in [2.75, 3.05) is 13.1 Å². The highest BCUT2D eigenvalue weighted by Gasteiger charge is 2.39. The second-order valence-corrected chi connectivity index (χ2v) is 6.73. The number of nitrogens with zero attached hydrogens (tertiary/aromatic N) is 2. The number of piperidine rings is 1. The summed E-state index contributed by atoms with van der Waals surface area (Å²) in [4.78, 5) is 7.10. The predicted octanol–water partition coefficient (Wildman–Crippen LogP) is 2.68. The summed E-state index contributed by atoms with van der Waals surface area (Å²) in [6.45, 7) is 8.12. The Morgan fingerprint density at radius 2 is 2.00 bits per heavy atom. The Kier molecular flexibility index (Phi) is 4.37. The van der Waals surface area contributed by atoms with Gasteiger partial charge in [-0.2, -0.15) is 0 Å². The summed E-state index contributed by atoms with van der Waals surface area (Å²) >= 11 is 0. The zero-order chi connectivity index (χ0) is 13.9. The molecule has 1 saturated carbocycles. The smallest absolute Gasteiger partial charge is 0.0541 e. The van der Waals surface area contributed by atoms with Crippen molar-refractivity contribution in [2.24, 2.45) is 11.8 Å². The van der Waals surface area contributed by atoms with Crippen molar-refractivity contribution in [3.63, 3.8) is 0 Å². The molecule has 3 nitrogen and oxygen atoms in total. The first-order valence-corrected chi connectivity index (χ1v) is 8.11. The minimum atomic E-state index is 0.690. The average Bonchev–Trinajstić information content (AvgIpc) is 2.45. The summed E-state index contributed by atoms with van der Waals surface area (Å²) in [5, 5.41) is 3.81. The molecule has 0 radical (unpaired) electrons. The van der Waals surface area contributed by atoms with Gasteiger partial charge in [0.2, 0.25) is 0 Å². The van der Waals surface area contributed by atoms with E-state index in [-0.39, 0.29) is 0 Å². The van der Waals surface area contributed by atoms with Gasteiger partial charge in [0.05, 0.1) is 5.69 Å². The number of nitrogens with one attached hydrogen (secondary N) is 1. The molecule has 1 aliphatic heterocycles. The molecule has 2 aliphatic rings. The van der Waals surface area contributed by atoms with Gasteiger partial charge in [0.1, 0.15) is 0 Å². The number of rotatable bonds is 4. The number of fused-ring (bicyclic) bond motifs is 2. The second kappa shape index (κ2) is 6.23. The van der Waals surface area contributed by atoms with E-state index in [1.165, 1.54) is 32.4 Å². The van der Waals surface area contributed by atoms with E-state index < -0.39 is 0 Å². The van der Waals surface area contributed by atoms with Crippen molar-refractivity contribution >= 4 is 0 Å². The van der Waals surface area contributed by atoms with Crippen LogP contribution in [0.2, 0.25) is 0 Å². The molecule has 0 spiro atoms. The van der Waals surface area contributed by atoms with Crippen molar-refractivity contribution in [1.29, 1.82) is 0 Å². The maximum Gasteiger partial charge on any atom is 0.0541 e. The molecular weight excluding hydrogens is 246 g/mol. The third-order valence-electron chi connectivity index (χ3n) is 5.08. The number of hydrogen-bond acceptors (Lipinski definition) is 3. The maximum absolute atomic E-state index is 4.43. The fourth-order valence-corrected chi connectivity index (χ4v) is 3.95. The minimum absolute atomic E-state index is 0.690. The summed E-state index contributed by atoms with van der Waals surface area (Å²) < 4.78 is 0. The fourth-order valence-electron chi connectivity index (χ4n) is 3.95. The maximum atomic E-state index is 4.43. The number of hydrogen-bond donors (Lipinski definition) is 1. The van der Waals surface area contributed by atoms with Crippen molar-refractivity contribution < 1.29 is 0 Å². The van der Waals surface area contributed by atoms with E-state index in [1.54, 1.807) is 0 Å². The molecule has 2 fully saturated rings. The van der Waals surface area contributed by atoms with Crippen molar-refractivity contribution in [3.05, 3.63) is 30.1 Å². The molecule has 1 saturated heterocycles. The van der Waals surface area contributed by atoms with Gasteiger partial charge in [-0.25, -0.2) is 0 Å². The lowest BCUT2D eigenvalue weighted by molar-refractivity contribution is 0.0288. The van der Waals surface area contributed by atoms with Crippen LogP contribution in [-0.4, -0.2) is 35.1 Å². The first-order chi connectivity index (χ1) is 9.74. The van der Waals surface area contributed by atoms with Crippen LogP contribution in [0.15, 0.2) is 24.4 Å². The van der Waals surface area contributed by atoms with Gasteiger partial charge in [0.25, 0.3) is 0 Å². The summed E-state index contributed by atoms with van der Waals surface area (Å²) in [6, 6.07) is 7.56. The molecule has 1 aliphatic carbocycles. The molecule has 0 aromatic carbocycles. The lowest BCUT2D eigenvalue weighted by Crippen LogP contribution is -2.58. The van der Waals surface area contributed by atoms with E-state index in [1.807, 2.05) is 12.3 Å². The average molecular weight is 273 g/mol. The molecular formula is C17H27N3. The van der Waals surface area contributed by atoms with Crippen molar-refractivity contribution in [1.82, 2.24) is 15.2 Å². The van der Waals surface area contributed by atoms with Crippen molar-refractivity contribution in [3.8, 4) is 0 Å². The zero-order valence-corrected chi connectivity index (χ0v) is 12.8. The summed E-state index contributed by atoms with van der Waals surface area (Å²) in [7, 11) is 0. The lowest BCUT2D eigenvalue weighted by atomic mass is 9.73. The lowest BCUT2D eigenvalue weighted by Gasteiger charge is -2.49. The molecule has 3 rings (SSSR count). The highest BCUT2D eigenvalue weighted by atomic mass is 15.2. The fraction of sp³-hybridized carbons (Fsp3) is 0.706. The number of pyridine rings is 1. The molecule has 1 aromatic heterocycles. The first kappa shape index (κ1) is 14.0. The van der Waals surface area contributed by atoms with Gasteiger partial charge in [-0.3, -0.25) is 4.98 Å². The largest absolute Gasteiger partial charge is 0.308 e. The number of likely N-dealkylation sites (tertiary alicyclic amines) is 1. The van der Waals surface area contributed by atoms with Crippen LogP contribution in [-0.2, 0) is 6.54 Å². The predicted molar refractivity (Wildman–Crippen MR) is 82.4 cm³/mol. The Labute approximate surface area is 122 Å². The van der Waals surface area contributed by atoms with E-state index in [2.05, 4.69) is 41.2 Å². The van der Waals surface area contributed by atoms with Gasteiger partial charge >= 0.3 is 0 Å². The van der Waals surface area contributed by atoms with Crippen molar-refractivity contribution in [2.45, 2.75) is 51.7 Å². The van der Waals surface area contributed by atoms with E-state index in [9.17, 15) is 0 Å². The van der Waals surface area contributed by atoms with E-state index in [0.717, 1.165) is 24.1 Å². The molecule has 2 unspecified atom stereocenters. The molecule has 3 heteroatoms. The second-order valence-electron chi connectivity index (χ2n) is 6.73. The third-order valence-corrected chi connectivity index (χ3v) is 5.08. The van der Waals surface area contributed by atoms with Gasteiger partial charge in [0.15, 0.2) is 0 Å². The van der Waals surface area contributed by atoms with Gasteiger partial charge in [-0.05, 0) is 50.7 Å². The molecule has 20 heavy (non-hydrogen) atoms. The summed E-state index contributed by atoms with van der Waals surface area (Å²) in [5.41, 5.74) is 1.16. The van der Waals surface area contributed by atoms with Crippen LogP contribution >= 0.6 is 0 Å². The van der Waals surface area contributed by atoms with Gasteiger partial charge in [-0.1, -0.05) is 12.5 Å². The van der Waals surface area contributed by atoms with Gasteiger partial charge < -0.3 is 10.2 Å². The van der Waals surface area contributed by atoms with Crippen LogP contribution in [0.4, 0.5) is 0 Å². The van der Waals surface area contributed by atoms with Gasteiger partial charge in [-0.15, -0.1) is 0 Å². The SMILES string of the molecule is CC(C)N1CC2CCCC(C1)C2NCc1ccccn1. The Morgan fingerprint density at radius 3 is 2.60 bits per heavy atom. The quantitative estimate of drug-likeness (QED) is 0.914. The molecule has 1 N–H and O–H groups in total. The Hall–Kier alpha value is -0.930. The first-order valence-electron chi connectivity index (χ1n) is 8.11. The van der Waals surface area contributed by atoms with E-state index in [0.29, 0.717) is 12.1 Å². The normalized spacial score (nSPS) is 30.6. The van der Waals surface area contributed by atoms with Crippen LogP contribution in [0.3, 0.4) is 0 Å². The van der Waals surface area contributed by atoms with Gasteiger partial charge in [0, 0.05) is 37.9 Å². The third kappa shape index (κ3) is 3.04. The molecule has 1 aromatic rings. The summed E-state index contributed by atoms with van der Waals surface area (Å²) in [6.07, 6.45) is 6.08.